The molecule has 0 bridgehead atoms. The molecule has 5 N–H and O–H groups in total. The van der Waals surface area contributed by atoms with E-state index in [1.807, 2.05) is 39.1 Å². The standard InChI is InChI=1S/C20H26N6OS.ClH/c1-5-6-9-23-20-26(4)16-15-10-13(12(3)24-25-19(21)22)7-8-14(15)17(27)11(2)18(16)28-20;/h7-8,10,27H,5-6,9H2,1-4H3,(H4,21,22,25);1H/b23-20?,24-12+;. The predicted octanol–water partition coefficient (Wildman–Crippen LogP) is 3.53. The zero-order valence-corrected chi connectivity index (χ0v) is 18.7. The summed E-state index contributed by atoms with van der Waals surface area (Å²) in [6.45, 7) is 6.75. The molecule has 1 aromatic heterocycles. The Labute approximate surface area is 179 Å². The van der Waals surface area contributed by atoms with Crippen LogP contribution in [0.25, 0.3) is 21.0 Å². The van der Waals surface area contributed by atoms with Crippen molar-refractivity contribution in [3.8, 4) is 5.75 Å². The summed E-state index contributed by atoms with van der Waals surface area (Å²) in [5.41, 5.74) is 14.2. The van der Waals surface area contributed by atoms with Gasteiger partial charge in [0.1, 0.15) is 5.75 Å². The zero-order chi connectivity index (χ0) is 20.4. The number of hydrogen-bond donors (Lipinski definition) is 3. The molecule has 0 unspecified atom stereocenters. The minimum Gasteiger partial charge on any atom is -0.507 e. The number of aromatic hydroxyl groups is 1. The van der Waals surface area contributed by atoms with Crippen LogP contribution in [0.2, 0.25) is 0 Å². The van der Waals surface area contributed by atoms with Gasteiger partial charge in [0.2, 0.25) is 5.96 Å². The van der Waals surface area contributed by atoms with Crippen molar-refractivity contribution >= 4 is 56.4 Å². The van der Waals surface area contributed by atoms with Crippen molar-refractivity contribution in [3.05, 3.63) is 34.1 Å². The van der Waals surface area contributed by atoms with Gasteiger partial charge in [0.15, 0.2) is 4.80 Å². The third-order valence-electron chi connectivity index (χ3n) is 4.75. The Balaban J connectivity index is 0.00000300. The number of rotatable bonds is 5. The third kappa shape index (κ3) is 4.38. The fourth-order valence-electron chi connectivity index (χ4n) is 3.16. The average Bonchev–Trinajstić information content (AvgIpc) is 3.00. The molecule has 0 saturated heterocycles. The molecule has 29 heavy (non-hydrogen) atoms. The first-order valence-electron chi connectivity index (χ1n) is 9.24. The topological polar surface area (TPSA) is 114 Å². The van der Waals surface area contributed by atoms with E-state index < -0.39 is 0 Å². The fourth-order valence-corrected chi connectivity index (χ4v) is 4.32. The SMILES string of the molecule is CCCCN=c1sc2c(C)c(O)c3ccc(/C(C)=N/N=C(N)N)cc3c2n1C.Cl. The van der Waals surface area contributed by atoms with Crippen molar-refractivity contribution in [1.82, 2.24) is 4.57 Å². The van der Waals surface area contributed by atoms with Crippen LogP contribution in [0.3, 0.4) is 0 Å². The molecule has 156 valence electrons. The van der Waals surface area contributed by atoms with Gasteiger partial charge in [-0.25, -0.2) is 0 Å². The number of fused-ring (bicyclic) bond motifs is 3. The Morgan fingerprint density at radius 1 is 1.21 bits per heavy atom. The molecule has 7 nitrogen and oxygen atoms in total. The Bertz CT molecular complexity index is 1170. The van der Waals surface area contributed by atoms with Crippen LogP contribution >= 0.6 is 23.7 Å². The molecule has 0 aliphatic rings. The van der Waals surface area contributed by atoms with E-state index in [1.54, 1.807) is 11.3 Å². The number of hydrogen-bond acceptors (Lipinski definition) is 5. The average molecular weight is 435 g/mol. The van der Waals surface area contributed by atoms with Gasteiger partial charge < -0.3 is 21.1 Å². The number of unbranched alkanes of at least 4 members (excludes halogenated alkanes) is 1. The van der Waals surface area contributed by atoms with Gasteiger partial charge in [-0.3, -0.25) is 4.99 Å². The molecule has 3 rings (SSSR count). The summed E-state index contributed by atoms with van der Waals surface area (Å²) in [6, 6.07) is 5.83. The van der Waals surface area contributed by atoms with E-state index in [0.29, 0.717) is 11.5 Å². The van der Waals surface area contributed by atoms with E-state index in [1.165, 1.54) is 0 Å². The second kappa shape index (κ2) is 9.28. The van der Waals surface area contributed by atoms with Gasteiger partial charge in [0.25, 0.3) is 0 Å². The van der Waals surface area contributed by atoms with Gasteiger partial charge in [-0.05, 0) is 38.0 Å². The van der Waals surface area contributed by atoms with Crippen LogP contribution in [0.15, 0.2) is 33.4 Å². The summed E-state index contributed by atoms with van der Waals surface area (Å²) >= 11 is 1.61. The maximum Gasteiger partial charge on any atom is 0.211 e. The van der Waals surface area contributed by atoms with Gasteiger partial charge in [0.05, 0.1) is 15.9 Å². The largest absolute Gasteiger partial charge is 0.507 e. The molecule has 1 heterocycles. The first kappa shape index (κ1) is 22.7. The number of aromatic nitrogens is 1. The highest BCUT2D eigenvalue weighted by Crippen LogP contribution is 2.38. The molecular weight excluding hydrogens is 408 g/mol. The smallest absolute Gasteiger partial charge is 0.211 e. The summed E-state index contributed by atoms with van der Waals surface area (Å²) in [5.74, 6) is 0.216. The van der Waals surface area contributed by atoms with E-state index in [-0.39, 0.29) is 18.4 Å². The second-order valence-corrected chi connectivity index (χ2v) is 7.78. The Morgan fingerprint density at radius 2 is 1.93 bits per heavy atom. The maximum atomic E-state index is 10.8. The first-order valence-corrected chi connectivity index (χ1v) is 10.1. The van der Waals surface area contributed by atoms with E-state index in [2.05, 4.69) is 21.7 Å². The van der Waals surface area contributed by atoms with Crippen LogP contribution in [0, 0.1) is 6.92 Å². The quantitative estimate of drug-likeness (QED) is 0.247. The van der Waals surface area contributed by atoms with Crippen LogP contribution in [0.4, 0.5) is 0 Å². The van der Waals surface area contributed by atoms with Crippen molar-refractivity contribution < 1.29 is 5.11 Å². The summed E-state index contributed by atoms with van der Waals surface area (Å²) < 4.78 is 3.15. The maximum absolute atomic E-state index is 10.8. The fraction of sp³-hybridized carbons (Fsp3) is 0.350. The number of guanidine groups is 1. The van der Waals surface area contributed by atoms with Crippen molar-refractivity contribution in [2.24, 2.45) is 33.7 Å². The number of benzene rings is 2. The normalized spacial score (nSPS) is 12.4. The number of thiazole rings is 1. The molecule has 0 saturated carbocycles. The Hall–Kier alpha value is -2.58. The zero-order valence-electron chi connectivity index (χ0n) is 17.1. The van der Waals surface area contributed by atoms with Crippen LogP contribution in [-0.2, 0) is 7.05 Å². The monoisotopic (exact) mass is 434 g/mol. The molecule has 0 atom stereocenters. The van der Waals surface area contributed by atoms with Crippen molar-refractivity contribution in [2.45, 2.75) is 33.6 Å². The van der Waals surface area contributed by atoms with E-state index in [9.17, 15) is 5.11 Å². The molecule has 9 heteroatoms. The lowest BCUT2D eigenvalue weighted by Crippen LogP contribution is -2.22. The van der Waals surface area contributed by atoms with Gasteiger partial charge >= 0.3 is 0 Å². The van der Waals surface area contributed by atoms with Crippen LogP contribution < -0.4 is 16.3 Å². The minimum absolute atomic E-state index is 0. The third-order valence-corrected chi connectivity index (χ3v) is 6.04. The van der Waals surface area contributed by atoms with Gasteiger partial charge in [0, 0.05) is 29.9 Å². The number of nitrogens with two attached hydrogens (primary N) is 2. The summed E-state index contributed by atoms with van der Waals surface area (Å²) in [5, 5.41) is 20.3. The van der Waals surface area contributed by atoms with E-state index >= 15 is 0 Å². The lowest BCUT2D eigenvalue weighted by Gasteiger charge is -2.10. The summed E-state index contributed by atoms with van der Waals surface area (Å²) in [4.78, 5) is 5.70. The first-order chi connectivity index (χ1) is 13.3. The molecule has 0 aliphatic carbocycles. The lowest BCUT2D eigenvalue weighted by molar-refractivity contribution is 0.478. The highest BCUT2D eigenvalue weighted by atomic mass is 35.5. The molecule has 0 spiro atoms. The van der Waals surface area contributed by atoms with Gasteiger partial charge in [-0.15, -0.1) is 17.5 Å². The van der Waals surface area contributed by atoms with Crippen LogP contribution in [0.1, 0.15) is 37.8 Å². The number of halogens is 1. The number of aryl methyl sites for hydroxylation is 2. The molecule has 0 amide bonds. The molecular formula is C20H27ClN6OS. The van der Waals surface area contributed by atoms with Crippen molar-refractivity contribution in [3.63, 3.8) is 0 Å². The van der Waals surface area contributed by atoms with Crippen molar-refractivity contribution in [2.75, 3.05) is 6.54 Å². The van der Waals surface area contributed by atoms with Crippen molar-refractivity contribution in [1.29, 1.82) is 0 Å². The second-order valence-electron chi connectivity index (χ2n) is 6.80. The van der Waals surface area contributed by atoms with Crippen LogP contribution in [0.5, 0.6) is 5.75 Å². The van der Waals surface area contributed by atoms with Gasteiger partial charge in [-0.1, -0.05) is 30.7 Å². The molecule has 0 aliphatic heterocycles. The van der Waals surface area contributed by atoms with E-state index in [0.717, 1.165) is 56.3 Å². The Morgan fingerprint density at radius 3 is 2.59 bits per heavy atom. The van der Waals surface area contributed by atoms with E-state index in [4.69, 9.17) is 16.5 Å². The summed E-state index contributed by atoms with van der Waals surface area (Å²) in [7, 11) is 2.02. The number of phenolic OH excluding ortho intramolecular Hbond substituents is 1. The Kier molecular flexibility index (Phi) is 7.26. The molecule has 2 aromatic carbocycles. The molecule has 3 aromatic rings. The lowest BCUT2D eigenvalue weighted by atomic mass is 10.0. The van der Waals surface area contributed by atoms with Crippen LogP contribution in [-0.4, -0.2) is 27.9 Å². The predicted molar refractivity (Wildman–Crippen MR) is 125 cm³/mol. The molecule has 0 radical (unpaired) electrons. The number of nitrogens with zero attached hydrogens (tertiary/aromatic N) is 4. The minimum atomic E-state index is -0.0848. The highest BCUT2D eigenvalue weighted by Gasteiger charge is 2.16. The van der Waals surface area contributed by atoms with Gasteiger partial charge in [-0.2, -0.15) is 5.10 Å². The number of phenols is 1. The molecule has 0 fully saturated rings. The summed E-state index contributed by atoms with van der Waals surface area (Å²) in [6.07, 6.45) is 2.17. The highest BCUT2D eigenvalue weighted by molar-refractivity contribution is 7.16.